The fourth-order valence-electron chi connectivity index (χ4n) is 1.89. The molecule has 0 saturated carbocycles. The van der Waals surface area contributed by atoms with E-state index >= 15 is 0 Å². The lowest BCUT2D eigenvalue weighted by molar-refractivity contribution is -0.147. The number of carbonyl (C=O) groups is 3. The van der Waals surface area contributed by atoms with Gasteiger partial charge in [0.15, 0.2) is 0 Å². The molecule has 2 atom stereocenters. The Morgan fingerprint density at radius 2 is 2.24 bits per heavy atom. The predicted octanol–water partition coefficient (Wildman–Crippen LogP) is -0.118. The van der Waals surface area contributed by atoms with Crippen LogP contribution in [0.15, 0.2) is 0 Å². The molecule has 0 radical (unpaired) electrons. The highest BCUT2D eigenvalue weighted by atomic mass is 16.4. The van der Waals surface area contributed by atoms with Crippen molar-refractivity contribution in [2.75, 3.05) is 6.54 Å². The van der Waals surface area contributed by atoms with Crippen LogP contribution < -0.4 is 10.6 Å². The van der Waals surface area contributed by atoms with Crippen LogP contribution in [0.5, 0.6) is 0 Å². The molecule has 1 rings (SSSR count). The summed E-state index contributed by atoms with van der Waals surface area (Å²) in [4.78, 5) is 33.9. The van der Waals surface area contributed by atoms with Gasteiger partial charge in [-0.2, -0.15) is 0 Å². The van der Waals surface area contributed by atoms with Gasteiger partial charge in [-0.15, -0.1) is 0 Å². The summed E-state index contributed by atoms with van der Waals surface area (Å²) in [6.07, 6.45) is 1.15. The molecule has 17 heavy (non-hydrogen) atoms. The molecular formula is C11H18N2O4. The first-order chi connectivity index (χ1) is 7.89. The molecule has 1 heterocycles. The van der Waals surface area contributed by atoms with Crippen LogP contribution in [0.2, 0.25) is 0 Å². The second kappa shape index (κ2) is 5.16. The number of aliphatic carboxylic acids is 1. The van der Waals surface area contributed by atoms with Crippen molar-refractivity contribution in [3.05, 3.63) is 0 Å². The van der Waals surface area contributed by atoms with E-state index in [0.717, 1.165) is 0 Å². The zero-order chi connectivity index (χ0) is 13.1. The maximum atomic E-state index is 11.8. The summed E-state index contributed by atoms with van der Waals surface area (Å²) in [7, 11) is 0. The third-order valence-corrected chi connectivity index (χ3v) is 2.97. The molecule has 6 heteroatoms. The van der Waals surface area contributed by atoms with Crippen molar-refractivity contribution in [2.45, 2.75) is 38.6 Å². The highest BCUT2D eigenvalue weighted by Gasteiger charge is 2.37. The van der Waals surface area contributed by atoms with Crippen LogP contribution in [0.4, 0.5) is 0 Å². The molecule has 0 aromatic rings. The van der Waals surface area contributed by atoms with Gasteiger partial charge in [-0.05, 0) is 13.3 Å². The van der Waals surface area contributed by atoms with Crippen LogP contribution in [-0.2, 0) is 14.4 Å². The molecule has 0 aliphatic carbocycles. The van der Waals surface area contributed by atoms with Crippen molar-refractivity contribution in [1.82, 2.24) is 10.6 Å². The van der Waals surface area contributed by atoms with Gasteiger partial charge in [0.2, 0.25) is 11.8 Å². The topological polar surface area (TPSA) is 95.5 Å². The Labute approximate surface area is 99.8 Å². The second-order valence-electron chi connectivity index (χ2n) is 4.58. The second-order valence-corrected chi connectivity index (χ2v) is 4.58. The minimum Gasteiger partial charge on any atom is -0.480 e. The molecule has 1 aliphatic rings. The van der Waals surface area contributed by atoms with Crippen molar-refractivity contribution in [3.8, 4) is 0 Å². The quantitative estimate of drug-likeness (QED) is 0.626. The van der Waals surface area contributed by atoms with Crippen molar-refractivity contribution in [3.63, 3.8) is 0 Å². The lowest BCUT2D eigenvalue weighted by Gasteiger charge is -2.27. The highest BCUT2D eigenvalue weighted by molar-refractivity contribution is 5.92. The summed E-state index contributed by atoms with van der Waals surface area (Å²) in [5, 5.41) is 14.2. The molecule has 1 saturated heterocycles. The van der Waals surface area contributed by atoms with E-state index < -0.39 is 17.4 Å². The minimum absolute atomic E-state index is 0.133. The minimum atomic E-state index is -1.25. The number of rotatable bonds is 5. The zero-order valence-electron chi connectivity index (χ0n) is 10.1. The van der Waals surface area contributed by atoms with Gasteiger partial charge in [-0.1, -0.05) is 13.3 Å². The Kier molecular flexibility index (Phi) is 4.09. The molecular weight excluding hydrogens is 224 g/mol. The van der Waals surface area contributed by atoms with E-state index in [9.17, 15) is 14.4 Å². The largest absolute Gasteiger partial charge is 0.480 e. The Morgan fingerprint density at radius 3 is 2.65 bits per heavy atom. The molecule has 1 aliphatic heterocycles. The summed E-state index contributed by atoms with van der Waals surface area (Å²) >= 11 is 0. The van der Waals surface area contributed by atoms with Gasteiger partial charge >= 0.3 is 5.97 Å². The normalized spacial score (nSPS) is 22.7. The van der Waals surface area contributed by atoms with Gasteiger partial charge in [0.25, 0.3) is 0 Å². The molecule has 1 fully saturated rings. The number of carboxylic acids is 1. The van der Waals surface area contributed by atoms with Crippen molar-refractivity contribution < 1.29 is 19.5 Å². The van der Waals surface area contributed by atoms with Crippen LogP contribution >= 0.6 is 0 Å². The monoisotopic (exact) mass is 242 g/mol. The summed E-state index contributed by atoms with van der Waals surface area (Å²) in [6, 6.07) is 0. The van der Waals surface area contributed by atoms with Crippen molar-refractivity contribution in [1.29, 1.82) is 0 Å². The molecule has 0 aromatic carbocycles. The van der Waals surface area contributed by atoms with Crippen molar-refractivity contribution in [2.24, 2.45) is 5.92 Å². The van der Waals surface area contributed by atoms with Crippen molar-refractivity contribution >= 4 is 17.8 Å². The number of nitrogens with one attached hydrogen (secondary N) is 2. The van der Waals surface area contributed by atoms with Gasteiger partial charge in [0.1, 0.15) is 5.54 Å². The summed E-state index contributed by atoms with van der Waals surface area (Å²) in [6.45, 7) is 3.63. The van der Waals surface area contributed by atoms with E-state index in [4.69, 9.17) is 5.11 Å². The summed E-state index contributed by atoms with van der Waals surface area (Å²) < 4.78 is 0. The molecule has 6 nitrogen and oxygen atoms in total. The SMILES string of the molecule is CCCC(C)(NC(=O)C1CNC(=O)C1)C(=O)O. The third-order valence-electron chi connectivity index (χ3n) is 2.97. The molecule has 2 amide bonds. The first-order valence-corrected chi connectivity index (χ1v) is 5.71. The standard InChI is InChI=1S/C11H18N2O4/c1-3-4-11(2,10(16)17)13-9(15)7-5-8(14)12-6-7/h7H,3-6H2,1-2H3,(H,12,14)(H,13,15)(H,16,17). The van der Waals surface area contributed by atoms with Gasteiger partial charge in [-0.25, -0.2) is 4.79 Å². The highest BCUT2D eigenvalue weighted by Crippen LogP contribution is 2.16. The van der Waals surface area contributed by atoms with E-state index in [2.05, 4.69) is 10.6 Å². The maximum absolute atomic E-state index is 11.8. The van der Waals surface area contributed by atoms with Gasteiger partial charge in [0.05, 0.1) is 5.92 Å². The molecule has 2 unspecified atom stereocenters. The number of carboxylic acid groups (broad SMARTS) is 1. The molecule has 0 bridgehead atoms. The van der Waals surface area contributed by atoms with Crippen LogP contribution in [-0.4, -0.2) is 35.0 Å². The van der Waals surface area contributed by atoms with Crippen LogP contribution in [0.1, 0.15) is 33.1 Å². The van der Waals surface area contributed by atoms with Gasteiger partial charge in [-0.3, -0.25) is 9.59 Å². The number of hydrogen-bond acceptors (Lipinski definition) is 3. The molecule has 3 N–H and O–H groups in total. The maximum Gasteiger partial charge on any atom is 0.329 e. The first kappa shape index (κ1) is 13.5. The lowest BCUT2D eigenvalue weighted by atomic mass is 9.95. The number of amides is 2. The first-order valence-electron chi connectivity index (χ1n) is 5.71. The van der Waals surface area contributed by atoms with E-state index in [1.807, 2.05) is 6.92 Å². The van der Waals surface area contributed by atoms with Crippen LogP contribution in [0, 0.1) is 5.92 Å². The fraction of sp³-hybridized carbons (Fsp3) is 0.727. The van der Waals surface area contributed by atoms with Gasteiger partial charge < -0.3 is 15.7 Å². The average Bonchev–Trinajstić information content (AvgIpc) is 2.65. The number of hydrogen-bond donors (Lipinski definition) is 3. The molecule has 0 spiro atoms. The predicted molar refractivity (Wildman–Crippen MR) is 60.2 cm³/mol. The average molecular weight is 242 g/mol. The van der Waals surface area contributed by atoms with E-state index in [1.54, 1.807) is 0 Å². The summed E-state index contributed by atoms with van der Waals surface area (Å²) in [5.41, 5.74) is -1.25. The van der Waals surface area contributed by atoms with E-state index in [0.29, 0.717) is 12.8 Å². The van der Waals surface area contributed by atoms with Crippen LogP contribution in [0.25, 0.3) is 0 Å². The fourth-order valence-corrected chi connectivity index (χ4v) is 1.89. The Balaban J connectivity index is 2.64. The van der Waals surface area contributed by atoms with Gasteiger partial charge in [0, 0.05) is 13.0 Å². The Morgan fingerprint density at radius 1 is 1.59 bits per heavy atom. The molecule has 0 aromatic heterocycles. The third kappa shape index (κ3) is 3.18. The zero-order valence-corrected chi connectivity index (χ0v) is 10.1. The Bertz CT molecular complexity index is 342. The molecule has 96 valence electrons. The smallest absolute Gasteiger partial charge is 0.329 e. The Hall–Kier alpha value is -1.59. The van der Waals surface area contributed by atoms with E-state index in [-0.39, 0.29) is 24.8 Å². The summed E-state index contributed by atoms with van der Waals surface area (Å²) in [5.74, 6) is -2.05. The lowest BCUT2D eigenvalue weighted by Crippen LogP contribution is -2.54. The number of carbonyl (C=O) groups excluding carboxylic acids is 2. The van der Waals surface area contributed by atoms with Crippen LogP contribution in [0.3, 0.4) is 0 Å². The van der Waals surface area contributed by atoms with E-state index in [1.165, 1.54) is 6.92 Å².